The van der Waals surface area contributed by atoms with Crippen molar-refractivity contribution in [2.45, 2.75) is 11.8 Å². The second-order valence-electron chi connectivity index (χ2n) is 6.51. The number of nitrogens with zero attached hydrogens (tertiary/aromatic N) is 2. The van der Waals surface area contributed by atoms with Crippen molar-refractivity contribution in [2.24, 2.45) is 0 Å². The van der Waals surface area contributed by atoms with Crippen LogP contribution in [-0.4, -0.2) is 12.7 Å². The highest BCUT2D eigenvalue weighted by Crippen LogP contribution is 2.28. The van der Waals surface area contributed by atoms with E-state index in [-0.39, 0.29) is 16.4 Å². The van der Waals surface area contributed by atoms with E-state index < -0.39 is 10.0 Å². The maximum Gasteiger partial charge on any atom is 0.268 e. The normalized spacial score (nSPS) is 12.0. The summed E-state index contributed by atoms with van der Waals surface area (Å²) in [5, 5.41) is 9.32. The van der Waals surface area contributed by atoms with Crippen molar-refractivity contribution in [3.8, 4) is 6.07 Å². The van der Waals surface area contributed by atoms with Gasteiger partial charge in [-0.3, -0.25) is 0 Å². The van der Waals surface area contributed by atoms with E-state index in [9.17, 15) is 18.1 Å². The summed E-state index contributed by atoms with van der Waals surface area (Å²) in [5.41, 5.74) is 2.32. The molecule has 0 heterocycles. The molecule has 150 valence electrons. The largest absolute Gasteiger partial charge is 0.268 e. The summed E-state index contributed by atoms with van der Waals surface area (Å²) in [6.07, 6.45) is 4.12. The van der Waals surface area contributed by atoms with Gasteiger partial charge in [0.25, 0.3) is 10.0 Å². The third-order valence-electron chi connectivity index (χ3n) is 4.36. The highest BCUT2D eigenvalue weighted by atomic mass is 32.2. The van der Waals surface area contributed by atoms with Crippen LogP contribution in [0.5, 0.6) is 0 Å². The molecule has 3 rings (SSSR count). The van der Waals surface area contributed by atoms with Crippen molar-refractivity contribution in [1.29, 1.82) is 5.26 Å². The van der Waals surface area contributed by atoms with Gasteiger partial charge in [0.15, 0.2) is 0 Å². The van der Waals surface area contributed by atoms with Crippen molar-refractivity contribution in [2.75, 3.05) is 0 Å². The molecule has 0 amide bonds. The number of hydrogen-bond acceptors (Lipinski definition) is 3. The first kappa shape index (κ1) is 21.0. The second kappa shape index (κ2) is 9.21. The van der Waals surface area contributed by atoms with Gasteiger partial charge in [0.2, 0.25) is 0 Å². The number of rotatable bonds is 6. The fourth-order valence-corrected chi connectivity index (χ4v) is 4.13. The van der Waals surface area contributed by atoms with Crippen molar-refractivity contribution in [3.05, 3.63) is 114 Å². The number of aryl methyl sites for hydroxylation is 1. The molecule has 0 aliphatic heterocycles. The van der Waals surface area contributed by atoms with E-state index in [0.29, 0.717) is 11.1 Å². The number of allylic oxidation sites excluding steroid dienone is 1. The van der Waals surface area contributed by atoms with Crippen molar-refractivity contribution in [1.82, 2.24) is 4.31 Å². The van der Waals surface area contributed by atoms with Gasteiger partial charge in [0, 0.05) is 12.3 Å². The van der Waals surface area contributed by atoms with Crippen LogP contribution in [0.25, 0.3) is 11.8 Å². The predicted octanol–water partition coefficient (Wildman–Crippen LogP) is 5.36. The summed E-state index contributed by atoms with van der Waals surface area (Å²) in [7, 11) is -4.01. The molecule has 6 heteroatoms. The number of halogens is 1. The van der Waals surface area contributed by atoms with E-state index in [4.69, 9.17) is 0 Å². The third kappa shape index (κ3) is 4.83. The van der Waals surface area contributed by atoms with Crippen LogP contribution >= 0.6 is 0 Å². The van der Waals surface area contributed by atoms with Gasteiger partial charge in [0.05, 0.1) is 16.7 Å². The lowest BCUT2D eigenvalue weighted by molar-refractivity contribution is 0.558. The van der Waals surface area contributed by atoms with E-state index in [1.807, 2.05) is 13.0 Å². The fourth-order valence-electron chi connectivity index (χ4n) is 2.79. The monoisotopic (exact) mass is 418 g/mol. The van der Waals surface area contributed by atoms with Gasteiger partial charge in [-0.2, -0.15) is 5.26 Å². The third-order valence-corrected chi connectivity index (χ3v) is 6.06. The molecule has 4 nitrogen and oxygen atoms in total. The Balaban J connectivity index is 2.14. The summed E-state index contributed by atoms with van der Waals surface area (Å²) in [6, 6.07) is 22.9. The molecule has 0 unspecified atom stereocenters. The highest BCUT2D eigenvalue weighted by molar-refractivity contribution is 7.89. The Hall–Kier alpha value is -3.69. The van der Waals surface area contributed by atoms with Crippen LogP contribution in [0.2, 0.25) is 0 Å². The first-order valence-electron chi connectivity index (χ1n) is 9.12. The molecular formula is C24H19FN2O2S. The summed E-state index contributed by atoms with van der Waals surface area (Å²) in [5.74, 6) is -0.384. The van der Waals surface area contributed by atoms with Crippen LogP contribution in [0.3, 0.4) is 0 Å². The Morgan fingerprint density at radius 2 is 1.60 bits per heavy atom. The van der Waals surface area contributed by atoms with Crippen molar-refractivity contribution >= 4 is 21.8 Å². The molecule has 0 atom stereocenters. The average Bonchev–Trinajstić information content (AvgIpc) is 2.75. The standard InChI is InChI=1S/C24H19FN2O2S/c1-19-7-13-23(14-8-19)30(28,29)27(18-16-20-9-11-22(25)12-10-20)24(15-17-26)21-5-3-2-4-6-21/h2-16,18H,1H3/b18-16+,24-15-. The summed E-state index contributed by atoms with van der Waals surface area (Å²) in [4.78, 5) is 0.0941. The number of sulfonamides is 1. The molecule has 0 aliphatic carbocycles. The molecule has 0 saturated carbocycles. The Morgan fingerprint density at radius 1 is 0.967 bits per heavy atom. The Bertz CT molecular complexity index is 1210. The zero-order chi connectivity index (χ0) is 21.6. The highest BCUT2D eigenvalue weighted by Gasteiger charge is 2.25. The lowest BCUT2D eigenvalue weighted by Gasteiger charge is -2.23. The smallest absolute Gasteiger partial charge is 0.240 e. The Labute approximate surface area is 175 Å². The molecule has 0 bridgehead atoms. The molecule has 0 aliphatic rings. The van der Waals surface area contributed by atoms with Gasteiger partial charge in [-0.25, -0.2) is 17.1 Å². The first-order chi connectivity index (χ1) is 14.4. The number of benzene rings is 3. The molecule has 0 spiro atoms. The van der Waals surface area contributed by atoms with Crippen molar-refractivity contribution < 1.29 is 12.8 Å². The van der Waals surface area contributed by atoms with Gasteiger partial charge in [-0.05, 0) is 48.4 Å². The Morgan fingerprint density at radius 3 is 2.20 bits per heavy atom. The minimum atomic E-state index is -4.01. The van der Waals surface area contributed by atoms with E-state index in [1.165, 1.54) is 36.5 Å². The summed E-state index contributed by atoms with van der Waals surface area (Å²) >= 11 is 0. The van der Waals surface area contributed by atoms with Gasteiger partial charge >= 0.3 is 0 Å². The fraction of sp³-hybridized carbons (Fsp3) is 0.0417. The maximum absolute atomic E-state index is 13.5. The number of hydrogen-bond donors (Lipinski definition) is 0. The number of nitriles is 1. The minimum absolute atomic E-state index is 0.0941. The topological polar surface area (TPSA) is 61.2 Å². The minimum Gasteiger partial charge on any atom is -0.240 e. The molecule has 0 saturated heterocycles. The summed E-state index contributed by atoms with van der Waals surface area (Å²) in [6.45, 7) is 1.87. The average molecular weight is 418 g/mol. The molecular weight excluding hydrogens is 399 g/mol. The van der Waals surface area contributed by atoms with Crippen LogP contribution in [0.4, 0.5) is 4.39 Å². The van der Waals surface area contributed by atoms with E-state index in [1.54, 1.807) is 60.7 Å². The van der Waals surface area contributed by atoms with Gasteiger partial charge in [-0.1, -0.05) is 60.2 Å². The van der Waals surface area contributed by atoms with Crippen LogP contribution in [0.15, 0.2) is 96.0 Å². The lowest BCUT2D eigenvalue weighted by atomic mass is 10.1. The molecule has 3 aromatic carbocycles. The molecule has 0 aromatic heterocycles. The molecule has 3 aromatic rings. The van der Waals surface area contributed by atoms with E-state index >= 15 is 0 Å². The van der Waals surface area contributed by atoms with Crippen LogP contribution in [0.1, 0.15) is 16.7 Å². The van der Waals surface area contributed by atoms with Crippen molar-refractivity contribution in [3.63, 3.8) is 0 Å². The Kier molecular flexibility index (Phi) is 6.45. The van der Waals surface area contributed by atoms with Crippen LogP contribution in [0, 0.1) is 24.1 Å². The second-order valence-corrected chi connectivity index (χ2v) is 8.32. The predicted molar refractivity (Wildman–Crippen MR) is 116 cm³/mol. The molecule has 0 radical (unpaired) electrons. The zero-order valence-corrected chi connectivity index (χ0v) is 17.1. The molecule has 0 fully saturated rings. The van der Waals surface area contributed by atoms with Crippen LogP contribution < -0.4 is 0 Å². The quantitative estimate of drug-likeness (QED) is 0.506. The zero-order valence-electron chi connectivity index (χ0n) is 16.2. The lowest BCUT2D eigenvalue weighted by Crippen LogP contribution is -2.25. The van der Waals surface area contributed by atoms with Gasteiger partial charge in [-0.15, -0.1) is 0 Å². The van der Waals surface area contributed by atoms with Gasteiger partial charge < -0.3 is 0 Å². The summed E-state index contributed by atoms with van der Waals surface area (Å²) < 4.78 is 41.2. The SMILES string of the molecule is Cc1ccc(S(=O)(=O)N(/C=C/c2ccc(F)cc2)/C(=C\C#N)c2ccccc2)cc1. The van der Waals surface area contributed by atoms with E-state index in [2.05, 4.69) is 0 Å². The molecule has 0 N–H and O–H groups in total. The molecule has 30 heavy (non-hydrogen) atoms. The van der Waals surface area contributed by atoms with Crippen LogP contribution in [-0.2, 0) is 10.0 Å². The maximum atomic E-state index is 13.5. The van der Waals surface area contributed by atoms with Gasteiger partial charge in [0.1, 0.15) is 5.82 Å². The first-order valence-corrected chi connectivity index (χ1v) is 10.6. The van der Waals surface area contributed by atoms with E-state index in [0.717, 1.165) is 9.87 Å².